The first-order valence-electron chi connectivity index (χ1n) is 8.61. The van der Waals surface area contributed by atoms with Crippen molar-refractivity contribution in [2.75, 3.05) is 24.2 Å². The van der Waals surface area contributed by atoms with Crippen molar-refractivity contribution in [2.24, 2.45) is 0 Å². The lowest BCUT2D eigenvalue weighted by molar-refractivity contribution is -0.383. The predicted octanol–water partition coefficient (Wildman–Crippen LogP) is 2.68. The van der Waals surface area contributed by atoms with Crippen molar-refractivity contribution in [1.82, 2.24) is 9.29 Å². The van der Waals surface area contributed by atoms with E-state index in [1.807, 2.05) is 12.1 Å². The molecule has 8 nitrogen and oxygen atoms in total. The van der Waals surface area contributed by atoms with Gasteiger partial charge >= 0.3 is 0 Å². The first kappa shape index (κ1) is 18.5. The number of hydrogen-bond donors (Lipinski definition) is 1. The number of fused-ring (bicyclic) bond motifs is 1. The molecule has 140 valence electrons. The molecule has 1 aromatic heterocycles. The molecule has 1 aliphatic heterocycles. The maximum atomic E-state index is 12.0. The van der Waals surface area contributed by atoms with Gasteiger partial charge in [0.15, 0.2) is 5.52 Å². The van der Waals surface area contributed by atoms with E-state index in [0.717, 1.165) is 5.69 Å². The van der Waals surface area contributed by atoms with E-state index in [4.69, 9.17) is 0 Å². The Morgan fingerprint density at radius 1 is 1.35 bits per heavy atom. The third-order valence-corrected chi connectivity index (χ3v) is 6.60. The molecule has 1 aliphatic rings. The van der Waals surface area contributed by atoms with Crippen molar-refractivity contribution in [1.29, 1.82) is 0 Å². The van der Waals surface area contributed by atoms with Crippen LogP contribution in [0.15, 0.2) is 24.3 Å². The van der Waals surface area contributed by atoms with Crippen molar-refractivity contribution in [3.63, 3.8) is 0 Å². The normalized spacial score (nSPS) is 16.7. The summed E-state index contributed by atoms with van der Waals surface area (Å²) in [6.45, 7) is 4.42. The fourth-order valence-corrected chi connectivity index (χ4v) is 4.44. The van der Waals surface area contributed by atoms with Gasteiger partial charge < -0.3 is 5.32 Å². The van der Waals surface area contributed by atoms with Crippen LogP contribution in [0, 0.1) is 17.0 Å². The fourth-order valence-electron chi connectivity index (χ4n) is 3.31. The van der Waals surface area contributed by atoms with Crippen molar-refractivity contribution in [3.05, 3.63) is 40.1 Å². The van der Waals surface area contributed by atoms with Crippen molar-refractivity contribution < 1.29 is 13.3 Å². The Bertz CT molecular complexity index is 937. The van der Waals surface area contributed by atoms with Gasteiger partial charge in [-0.25, -0.2) is 17.7 Å². The average molecular weight is 378 g/mol. The minimum atomic E-state index is -3.15. The molecule has 1 saturated heterocycles. The van der Waals surface area contributed by atoms with Crippen LogP contribution in [0.1, 0.15) is 25.5 Å². The minimum Gasteiger partial charge on any atom is -0.382 e. The van der Waals surface area contributed by atoms with Gasteiger partial charge in [-0.3, -0.25) is 10.1 Å². The molecule has 0 radical (unpaired) electrons. The lowest BCUT2D eigenvalue weighted by Crippen LogP contribution is -2.42. The number of pyridine rings is 1. The van der Waals surface area contributed by atoms with Gasteiger partial charge in [-0.05, 0) is 32.8 Å². The molecule has 0 amide bonds. The first-order chi connectivity index (χ1) is 12.3. The molecular weight excluding hydrogens is 356 g/mol. The summed E-state index contributed by atoms with van der Waals surface area (Å²) in [6.07, 6.45) is 1.38. The predicted molar refractivity (Wildman–Crippen MR) is 101 cm³/mol. The van der Waals surface area contributed by atoms with Crippen molar-refractivity contribution in [2.45, 2.75) is 32.7 Å². The molecule has 2 heterocycles. The van der Waals surface area contributed by atoms with Crippen LogP contribution in [0.5, 0.6) is 0 Å². The van der Waals surface area contributed by atoms with Crippen molar-refractivity contribution >= 4 is 32.3 Å². The standard InChI is InChI=1S/C17H22N4O4S/c1-3-26(24,25)20-9-7-13(8-10-20)19-15-11-12(2)18-17-14(15)5-4-6-16(17)21(22)23/h4-6,11,13H,3,7-10H2,1-2H3,(H,18,19). The quantitative estimate of drug-likeness (QED) is 0.633. The van der Waals surface area contributed by atoms with Crippen LogP contribution in [-0.2, 0) is 10.0 Å². The molecule has 0 bridgehead atoms. The Labute approximate surface area is 152 Å². The molecule has 26 heavy (non-hydrogen) atoms. The number of aromatic nitrogens is 1. The summed E-state index contributed by atoms with van der Waals surface area (Å²) in [7, 11) is -3.15. The minimum absolute atomic E-state index is 0.0156. The SMILES string of the molecule is CCS(=O)(=O)N1CCC(Nc2cc(C)nc3c([N+](=O)[O-])cccc23)CC1. The van der Waals surface area contributed by atoms with Crippen LogP contribution in [-0.4, -0.2) is 47.5 Å². The third-order valence-electron chi connectivity index (χ3n) is 4.71. The smallest absolute Gasteiger partial charge is 0.295 e. The number of nitrogens with zero attached hydrogens (tertiary/aromatic N) is 3. The van der Waals surface area contributed by atoms with Crippen LogP contribution in [0.4, 0.5) is 11.4 Å². The lowest BCUT2D eigenvalue weighted by Gasteiger charge is -2.32. The van der Waals surface area contributed by atoms with Crippen molar-refractivity contribution in [3.8, 4) is 0 Å². The van der Waals surface area contributed by atoms with E-state index in [1.54, 1.807) is 19.9 Å². The maximum absolute atomic E-state index is 12.0. The number of aryl methyl sites for hydroxylation is 1. The number of para-hydroxylation sites is 1. The number of hydrogen-bond acceptors (Lipinski definition) is 6. The Morgan fingerprint density at radius 2 is 2.04 bits per heavy atom. The molecule has 1 aromatic carbocycles. The number of rotatable bonds is 5. The first-order valence-corrected chi connectivity index (χ1v) is 10.2. The summed E-state index contributed by atoms with van der Waals surface area (Å²) in [6, 6.07) is 6.91. The van der Waals surface area contributed by atoms with Gasteiger partial charge in [0, 0.05) is 42.0 Å². The monoisotopic (exact) mass is 378 g/mol. The zero-order valence-electron chi connectivity index (χ0n) is 14.8. The molecule has 1 N–H and O–H groups in total. The number of nitro benzene ring substituents is 1. The molecule has 2 aromatic rings. The molecule has 0 unspecified atom stereocenters. The lowest BCUT2D eigenvalue weighted by atomic mass is 10.0. The van der Waals surface area contributed by atoms with E-state index >= 15 is 0 Å². The second-order valence-corrected chi connectivity index (χ2v) is 8.72. The Balaban J connectivity index is 1.84. The van der Waals surface area contributed by atoms with E-state index in [0.29, 0.717) is 42.5 Å². The molecule has 0 spiro atoms. The van der Waals surface area contributed by atoms with Gasteiger partial charge in [-0.15, -0.1) is 0 Å². The molecular formula is C17H22N4O4S. The van der Waals surface area contributed by atoms with E-state index in [2.05, 4.69) is 10.3 Å². The van der Waals surface area contributed by atoms with Crippen LogP contribution < -0.4 is 5.32 Å². The maximum Gasteiger partial charge on any atom is 0.295 e. The highest BCUT2D eigenvalue weighted by atomic mass is 32.2. The van der Waals surface area contributed by atoms with Crippen LogP contribution in [0.2, 0.25) is 0 Å². The zero-order chi connectivity index (χ0) is 18.9. The Hall–Kier alpha value is -2.26. The number of nitrogens with one attached hydrogen (secondary N) is 1. The molecule has 3 rings (SSSR count). The van der Waals surface area contributed by atoms with E-state index in [-0.39, 0.29) is 17.5 Å². The second kappa shape index (κ2) is 7.16. The summed E-state index contributed by atoms with van der Waals surface area (Å²) in [5.74, 6) is 0.114. The fraction of sp³-hybridized carbons (Fsp3) is 0.471. The molecule has 1 fully saturated rings. The van der Waals surface area contributed by atoms with Gasteiger partial charge in [0.2, 0.25) is 10.0 Å². The number of non-ortho nitro benzene ring substituents is 1. The average Bonchev–Trinajstić information content (AvgIpc) is 2.61. The molecule has 0 atom stereocenters. The summed E-state index contributed by atoms with van der Waals surface area (Å²) in [5, 5.41) is 15.4. The number of piperidine rings is 1. The van der Waals surface area contributed by atoms with Crippen LogP contribution in [0.25, 0.3) is 10.9 Å². The molecule has 9 heteroatoms. The number of sulfonamides is 1. The third kappa shape index (κ3) is 3.63. The van der Waals surface area contributed by atoms with E-state index < -0.39 is 14.9 Å². The highest BCUT2D eigenvalue weighted by Crippen LogP contribution is 2.31. The van der Waals surface area contributed by atoms with Gasteiger partial charge in [-0.2, -0.15) is 0 Å². The van der Waals surface area contributed by atoms with Gasteiger partial charge in [0.25, 0.3) is 5.69 Å². The second-order valence-electron chi connectivity index (χ2n) is 6.46. The number of benzene rings is 1. The van der Waals surface area contributed by atoms with Gasteiger partial charge in [0.1, 0.15) is 0 Å². The summed E-state index contributed by atoms with van der Waals surface area (Å²) < 4.78 is 25.5. The Morgan fingerprint density at radius 3 is 2.65 bits per heavy atom. The summed E-state index contributed by atoms with van der Waals surface area (Å²) in [5.41, 5.74) is 1.84. The highest BCUT2D eigenvalue weighted by Gasteiger charge is 2.27. The molecule has 0 aliphatic carbocycles. The van der Waals surface area contributed by atoms with Crippen LogP contribution >= 0.6 is 0 Å². The van der Waals surface area contributed by atoms with Crippen LogP contribution in [0.3, 0.4) is 0 Å². The summed E-state index contributed by atoms with van der Waals surface area (Å²) >= 11 is 0. The topological polar surface area (TPSA) is 105 Å². The molecule has 0 saturated carbocycles. The largest absolute Gasteiger partial charge is 0.382 e. The van der Waals surface area contributed by atoms with Gasteiger partial charge in [-0.1, -0.05) is 12.1 Å². The van der Waals surface area contributed by atoms with E-state index in [1.165, 1.54) is 10.4 Å². The van der Waals surface area contributed by atoms with E-state index in [9.17, 15) is 18.5 Å². The number of anilines is 1. The number of nitro groups is 1. The highest BCUT2D eigenvalue weighted by molar-refractivity contribution is 7.89. The summed E-state index contributed by atoms with van der Waals surface area (Å²) in [4.78, 5) is 15.2. The zero-order valence-corrected chi connectivity index (χ0v) is 15.6. The Kier molecular flexibility index (Phi) is 5.10. The van der Waals surface area contributed by atoms with Gasteiger partial charge in [0.05, 0.1) is 10.7 Å².